The largest absolute Gasteiger partial charge is 0.354 e. The van der Waals surface area contributed by atoms with Gasteiger partial charge >= 0.3 is 0 Å². The molecule has 1 N–H and O–H groups in total. The first-order chi connectivity index (χ1) is 10.8. The lowest BCUT2D eigenvalue weighted by atomic mass is 10.1. The molecule has 108 valence electrons. The first-order valence-electron chi connectivity index (χ1n) is 7.54. The van der Waals surface area contributed by atoms with Crippen molar-refractivity contribution in [1.82, 2.24) is 4.98 Å². The molecule has 0 spiro atoms. The Hall–Kier alpha value is -2.19. The highest BCUT2D eigenvalue weighted by Gasteiger charge is 2.15. The van der Waals surface area contributed by atoms with Gasteiger partial charge < -0.3 is 4.98 Å². The van der Waals surface area contributed by atoms with Gasteiger partial charge in [0.15, 0.2) is 0 Å². The summed E-state index contributed by atoms with van der Waals surface area (Å²) in [5.41, 5.74) is 5.06. The van der Waals surface area contributed by atoms with E-state index in [1.54, 1.807) is 0 Å². The van der Waals surface area contributed by atoms with Crippen molar-refractivity contribution in [3.05, 3.63) is 71.4 Å². The summed E-state index contributed by atoms with van der Waals surface area (Å²) in [7, 11) is 0. The Morgan fingerprint density at radius 1 is 0.955 bits per heavy atom. The molecule has 4 rings (SSSR count). The fourth-order valence-electron chi connectivity index (χ4n) is 2.90. The first-order valence-corrected chi connectivity index (χ1v) is 8.36. The minimum Gasteiger partial charge on any atom is -0.354 e. The van der Waals surface area contributed by atoms with Crippen LogP contribution in [-0.2, 0) is 0 Å². The summed E-state index contributed by atoms with van der Waals surface area (Å²) in [6, 6.07) is 15.0. The molecule has 1 aliphatic rings. The predicted molar refractivity (Wildman–Crippen MR) is 96.3 cm³/mol. The average molecular weight is 303 g/mol. The van der Waals surface area contributed by atoms with Crippen molar-refractivity contribution in [3.8, 4) is 0 Å². The first kappa shape index (κ1) is 13.5. The van der Waals surface area contributed by atoms with Gasteiger partial charge in [-0.05, 0) is 43.2 Å². The van der Waals surface area contributed by atoms with Gasteiger partial charge in [-0.25, -0.2) is 0 Å². The Balaban J connectivity index is 1.95. The lowest BCUT2D eigenvalue weighted by Crippen LogP contribution is -1.83. The topological polar surface area (TPSA) is 15.8 Å². The Morgan fingerprint density at radius 3 is 2.64 bits per heavy atom. The molecule has 2 aromatic carbocycles. The molecule has 0 atom stereocenters. The van der Waals surface area contributed by atoms with Crippen LogP contribution < -0.4 is 0 Å². The van der Waals surface area contributed by atoms with Gasteiger partial charge in [-0.2, -0.15) is 0 Å². The van der Waals surface area contributed by atoms with E-state index in [-0.39, 0.29) is 0 Å². The molecule has 0 fully saturated rings. The maximum atomic E-state index is 3.56. The average Bonchev–Trinajstić information content (AvgIpc) is 2.73. The van der Waals surface area contributed by atoms with Crippen LogP contribution >= 0.6 is 11.8 Å². The summed E-state index contributed by atoms with van der Waals surface area (Å²) in [5, 5.41) is 1.34. The maximum absolute atomic E-state index is 3.56. The number of nitrogens with one attached hydrogen (secondary N) is 1. The standard InChI is InChI=1S/C20H17NS/c1-14-12-13-18-19(16-10-6-3-7-11-17(16)21-18)20(14)22-15-8-4-2-5-9-15/h2,4-13,21H,3H2,1H3. The quantitative estimate of drug-likeness (QED) is 0.608. The number of fused-ring (bicyclic) bond motifs is 3. The summed E-state index contributed by atoms with van der Waals surface area (Å²) >= 11 is 1.85. The van der Waals surface area contributed by atoms with Crippen LogP contribution in [0.25, 0.3) is 23.1 Å². The van der Waals surface area contributed by atoms with Gasteiger partial charge in [-0.1, -0.05) is 54.3 Å². The second-order valence-electron chi connectivity index (χ2n) is 5.54. The Bertz CT molecular complexity index is 885. The molecule has 0 unspecified atom stereocenters. The summed E-state index contributed by atoms with van der Waals surface area (Å²) in [4.78, 5) is 6.19. The van der Waals surface area contributed by atoms with E-state index in [2.05, 4.69) is 78.7 Å². The van der Waals surface area contributed by atoms with Gasteiger partial charge in [-0.15, -0.1) is 0 Å². The Kier molecular flexibility index (Phi) is 3.39. The third-order valence-corrected chi connectivity index (χ3v) is 5.23. The minimum absolute atomic E-state index is 0.997. The zero-order valence-electron chi connectivity index (χ0n) is 12.5. The molecule has 22 heavy (non-hydrogen) atoms. The van der Waals surface area contributed by atoms with Gasteiger partial charge in [0.25, 0.3) is 0 Å². The van der Waals surface area contributed by atoms with E-state index in [1.165, 1.54) is 37.5 Å². The van der Waals surface area contributed by atoms with E-state index in [0.29, 0.717) is 0 Å². The van der Waals surface area contributed by atoms with Crippen LogP contribution in [0.5, 0.6) is 0 Å². The fourth-order valence-corrected chi connectivity index (χ4v) is 3.98. The van der Waals surface area contributed by atoms with E-state index in [9.17, 15) is 0 Å². The summed E-state index contributed by atoms with van der Waals surface area (Å²) in [6.07, 6.45) is 9.88. The van der Waals surface area contributed by atoms with Crippen molar-refractivity contribution in [1.29, 1.82) is 0 Å². The van der Waals surface area contributed by atoms with Crippen molar-refractivity contribution < 1.29 is 0 Å². The van der Waals surface area contributed by atoms with E-state index < -0.39 is 0 Å². The van der Waals surface area contributed by atoms with Crippen LogP contribution in [0.15, 0.2) is 64.4 Å². The Morgan fingerprint density at radius 2 is 1.77 bits per heavy atom. The number of H-pyrrole nitrogens is 1. The lowest BCUT2D eigenvalue weighted by molar-refractivity contribution is 1.33. The van der Waals surface area contributed by atoms with Crippen LogP contribution in [0.4, 0.5) is 0 Å². The number of hydrogen-bond donors (Lipinski definition) is 1. The van der Waals surface area contributed by atoms with Gasteiger partial charge in [0, 0.05) is 32.0 Å². The Labute approximate surface area is 134 Å². The number of hydrogen-bond acceptors (Lipinski definition) is 1. The van der Waals surface area contributed by atoms with E-state index in [4.69, 9.17) is 0 Å². The SMILES string of the molecule is Cc1ccc2[nH]c3c(c2c1Sc1ccccc1)C=CCC=C3. The number of rotatable bonds is 2. The molecule has 0 aliphatic heterocycles. The number of aromatic nitrogens is 1. The highest BCUT2D eigenvalue weighted by Crippen LogP contribution is 2.40. The third-order valence-electron chi connectivity index (χ3n) is 3.99. The molecule has 1 aliphatic carbocycles. The van der Waals surface area contributed by atoms with Crippen LogP contribution in [0.3, 0.4) is 0 Å². The van der Waals surface area contributed by atoms with Crippen LogP contribution in [-0.4, -0.2) is 4.98 Å². The highest BCUT2D eigenvalue weighted by atomic mass is 32.2. The van der Waals surface area contributed by atoms with Crippen LogP contribution in [0, 0.1) is 6.92 Å². The fraction of sp³-hybridized carbons (Fsp3) is 0.100. The minimum atomic E-state index is 0.997. The van der Waals surface area contributed by atoms with E-state index >= 15 is 0 Å². The normalized spacial score (nSPS) is 13.3. The number of aryl methyl sites for hydroxylation is 1. The van der Waals surface area contributed by atoms with Crippen LogP contribution in [0.1, 0.15) is 23.2 Å². The van der Waals surface area contributed by atoms with Gasteiger partial charge in [-0.3, -0.25) is 0 Å². The van der Waals surface area contributed by atoms with Gasteiger partial charge in [0.1, 0.15) is 0 Å². The molecule has 3 aromatic rings. The van der Waals surface area contributed by atoms with Crippen LogP contribution in [0.2, 0.25) is 0 Å². The molecule has 2 heteroatoms. The summed E-state index contributed by atoms with van der Waals surface area (Å²) < 4.78 is 0. The van der Waals surface area contributed by atoms with Crippen molar-refractivity contribution in [2.75, 3.05) is 0 Å². The number of benzene rings is 2. The number of aromatic amines is 1. The van der Waals surface area contributed by atoms with Gasteiger partial charge in [0.2, 0.25) is 0 Å². The zero-order chi connectivity index (χ0) is 14.9. The van der Waals surface area contributed by atoms with Crippen molar-refractivity contribution in [3.63, 3.8) is 0 Å². The second kappa shape index (κ2) is 5.54. The molecule has 0 saturated heterocycles. The zero-order valence-corrected chi connectivity index (χ0v) is 13.3. The molecule has 1 heterocycles. The molecule has 0 saturated carbocycles. The highest BCUT2D eigenvalue weighted by molar-refractivity contribution is 7.99. The van der Waals surface area contributed by atoms with Crippen molar-refractivity contribution >= 4 is 34.8 Å². The van der Waals surface area contributed by atoms with Gasteiger partial charge in [0.05, 0.1) is 0 Å². The molecular weight excluding hydrogens is 286 g/mol. The lowest BCUT2D eigenvalue weighted by Gasteiger charge is -2.08. The van der Waals surface area contributed by atoms with E-state index in [0.717, 1.165) is 6.42 Å². The van der Waals surface area contributed by atoms with E-state index in [1.807, 2.05) is 11.8 Å². The summed E-state index contributed by atoms with van der Waals surface area (Å²) in [6.45, 7) is 2.19. The predicted octanol–water partition coefficient (Wildman–Crippen LogP) is 6.06. The molecule has 1 nitrogen and oxygen atoms in total. The van der Waals surface area contributed by atoms with Crippen molar-refractivity contribution in [2.45, 2.75) is 23.1 Å². The second-order valence-corrected chi connectivity index (χ2v) is 6.63. The molecule has 0 bridgehead atoms. The number of allylic oxidation sites excluding steroid dienone is 2. The molecular formula is C20H17NS. The molecule has 0 radical (unpaired) electrons. The smallest absolute Gasteiger partial charge is 0.0476 e. The van der Waals surface area contributed by atoms with Crippen molar-refractivity contribution in [2.24, 2.45) is 0 Å². The monoisotopic (exact) mass is 303 g/mol. The third kappa shape index (κ3) is 2.30. The summed E-state index contributed by atoms with van der Waals surface area (Å²) in [5.74, 6) is 0. The molecule has 1 aromatic heterocycles. The molecule has 0 amide bonds. The maximum Gasteiger partial charge on any atom is 0.0476 e.